The molecule has 1 aliphatic carbocycles. The minimum Gasteiger partial charge on any atom is -0.325 e. The molecular weight excluding hydrogens is 367 g/mol. The number of carbonyl (C=O) groups is 1. The molecule has 1 heterocycles. The van der Waals surface area contributed by atoms with Crippen LogP contribution in [0.25, 0.3) is 0 Å². The van der Waals surface area contributed by atoms with Gasteiger partial charge in [0.2, 0.25) is 5.91 Å². The predicted molar refractivity (Wildman–Crippen MR) is 98.1 cm³/mol. The van der Waals surface area contributed by atoms with Gasteiger partial charge < -0.3 is 9.88 Å². The first-order valence-corrected chi connectivity index (χ1v) is 9.62. The van der Waals surface area contributed by atoms with Crippen LogP contribution in [0.4, 0.5) is 5.69 Å². The van der Waals surface area contributed by atoms with Gasteiger partial charge in [-0.25, -0.2) is 0 Å². The van der Waals surface area contributed by atoms with E-state index < -0.39 is 0 Å². The van der Waals surface area contributed by atoms with Crippen molar-refractivity contribution >= 4 is 46.6 Å². The van der Waals surface area contributed by atoms with E-state index in [1.54, 1.807) is 18.2 Å². The minimum atomic E-state index is -0.127. The maximum atomic E-state index is 12.2. The van der Waals surface area contributed by atoms with Crippen LogP contribution in [0.3, 0.4) is 0 Å². The van der Waals surface area contributed by atoms with Gasteiger partial charge in [0.1, 0.15) is 5.82 Å². The normalized spacial score (nSPS) is 14.0. The smallest absolute Gasteiger partial charge is 0.234 e. The van der Waals surface area contributed by atoms with Gasteiger partial charge in [0.05, 0.1) is 5.75 Å². The Balaban J connectivity index is 1.61. The summed E-state index contributed by atoms with van der Waals surface area (Å²) in [6.07, 6.45) is 3.38. The number of hydrogen-bond donors (Lipinski definition) is 1. The number of halogens is 2. The van der Waals surface area contributed by atoms with Crippen molar-refractivity contribution in [1.82, 2.24) is 14.8 Å². The van der Waals surface area contributed by atoms with E-state index in [-0.39, 0.29) is 11.7 Å². The summed E-state index contributed by atoms with van der Waals surface area (Å²) in [5.41, 5.74) is 0.590. The van der Waals surface area contributed by atoms with E-state index in [0.717, 1.165) is 23.9 Å². The molecule has 0 aliphatic heterocycles. The molecular formula is C16H18Cl2N4OS. The number of benzene rings is 1. The lowest BCUT2D eigenvalue weighted by atomic mass is 10.3. The summed E-state index contributed by atoms with van der Waals surface area (Å²) in [5, 5.41) is 13.1. The molecule has 1 aliphatic rings. The highest BCUT2D eigenvalue weighted by molar-refractivity contribution is 7.99. The van der Waals surface area contributed by atoms with Crippen molar-refractivity contribution < 1.29 is 4.79 Å². The van der Waals surface area contributed by atoms with Gasteiger partial charge in [0.25, 0.3) is 0 Å². The van der Waals surface area contributed by atoms with Gasteiger partial charge in [0, 0.05) is 28.2 Å². The molecule has 8 heteroatoms. The molecule has 1 N–H and O–H groups in total. The first kappa shape index (κ1) is 17.6. The zero-order valence-corrected chi connectivity index (χ0v) is 15.6. The number of nitrogens with zero attached hydrogens (tertiary/aromatic N) is 3. The number of aromatic nitrogens is 3. The second kappa shape index (κ2) is 7.76. The lowest BCUT2D eigenvalue weighted by Gasteiger charge is -2.09. The van der Waals surface area contributed by atoms with Crippen LogP contribution >= 0.6 is 35.0 Å². The molecule has 0 unspecified atom stereocenters. The summed E-state index contributed by atoms with van der Waals surface area (Å²) < 4.78 is 2.14. The standard InChI is InChI=1S/C16H18Cl2N4OS/c1-2-5-22-15(10-3-4-10)20-21-16(22)24-9-14(23)19-13-7-11(17)6-12(18)8-13/h6-8,10H,2-5,9H2,1H3,(H,19,23). The van der Waals surface area contributed by atoms with E-state index in [1.807, 2.05) is 0 Å². The number of carbonyl (C=O) groups excluding carboxylic acids is 1. The average molecular weight is 385 g/mol. The predicted octanol–water partition coefficient (Wildman–Crippen LogP) is 4.60. The first-order valence-electron chi connectivity index (χ1n) is 7.88. The molecule has 1 amide bonds. The Morgan fingerprint density at radius 2 is 2.00 bits per heavy atom. The number of hydrogen-bond acceptors (Lipinski definition) is 4. The van der Waals surface area contributed by atoms with Gasteiger partial charge in [-0.2, -0.15) is 0 Å². The topological polar surface area (TPSA) is 59.8 Å². The molecule has 1 fully saturated rings. The molecule has 0 spiro atoms. The lowest BCUT2D eigenvalue weighted by molar-refractivity contribution is -0.113. The SMILES string of the molecule is CCCn1c(SCC(=O)Nc2cc(Cl)cc(Cl)c2)nnc1C1CC1. The van der Waals surface area contributed by atoms with Crippen LogP contribution in [0.1, 0.15) is 37.9 Å². The monoisotopic (exact) mass is 384 g/mol. The zero-order valence-electron chi connectivity index (χ0n) is 13.3. The van der Waals surface area contributed by atoms with Crippen molar-refractivity contribution in [2.45, 2.75) is 43.8 Å². The number of anilines is 1. The summed E-state index contributed by atoms with van der Waals surface area (Å²) in [4.78, 5) is 12.2. The Bertz CT molecular complexity index is 725. The van der Waals surface area contributed by atoms with Crippen LogP contribution in [-0.4, -0.2) is 26.4 Å². The molecule has 3 rings (SSSR count). The van der Waals surface area contributed by atoms with E-state index in [4.69, 9.17) is 23.2 Å². The minimum absolute atomic E-state index is 0.127. The fraction of sp³-hybridized carbons (Fsp3) is 0.438. The maximum Gasteiger partial charge on any atom is 0.234 e. The fourth-order valence-corrected chi connectivity index (χ4v) is 3.73. The van der Waals surface area contributed by atoms with Crippen molar-refractivity contribution in [2.75, 3.05) is 11.1 Å². The highest BCUT2D eigenvalue weighted by atomic mass is 35.5. The highest BCUT2D eigenvalue weighted by Crippen LogP contribution is 2.40. The van der Waals surface area contributed by atoms with Gasteiger partial charge >= 0.3 is 0 Å². The molecule has 0 radical (unpaired) electrons. The Labute approximate surface area is 155 Å². The average Bonchev–Trinajstić information content (AvgIpc) is 3.27. The molecule has 1 aromatic heterocycles. The molecule has 1 saturated carbocycles. The highest BCUT2D eigenvalue weighted by Gasteiger charge is 2.30. The van der Waals surface area contributed by atoms with Crippen molar-refractivity contribution in [2.24, 2.45) is 0 Å². The summed E-state index contributed by atoms with van der Waals surface area (Å²) in [6, 6.07) is 4.96. The third-order valence-corrected chi connectivity index (χ3v) is 5.02. The third-order valence-electron chi connectivity index (χ3n) is 3.61. The summed E-state index contributed by atoms with van der Waals surface area (Å²) >= 11 is 13.3. The van der Waals surface area contributed by atoms with Gasteiger partial charge in [-0.1, -0.05) is 41.9 Å². The second-order valence-electron chi connectivity index (χ2n) is 5.76. The Hall–Kier alpha value is -1.24. The molecule has 24 heavy (non-hydrogen) atoms. The first-order chi connectivity index (χ1) is 11.6. The largest absolute Gasteiger partial charge is 0.325 e. The quantitative estimate of drug-likeness (QED) is 0.708. The van der Waals surface area contributed by atoms with E-state index in [9.17, 15) is 4.79 Å². The van der Waals surface area contributed by atoms with Crippen LogP contribution in [0.2, 0.25) is 10.0 Å². The van der Waals surface area contributed by atoms with Crippen LogP contribution in [0.15, 0.2) is 23.4 Å². The van der Waals surface area contributed by atoms with E-state index in [1.165, 1.54) is 24.6 Å². The van der Waals surface area contributed by atoms with E-state index in [2.05, 4.69) is 27.0 Å². The second-order valence-corrected chi connectivity index (χ2v) is 7.58. The van der Waals surface area contributed by atoms with E-state index >= 15 is 0 Å². The van der Waals surface area contributed by atoms with Gasteiger partial charge in [0.15, 0.2) is 5.16 Å². The maximum absolute atomic E-state index is 12.2. The van der Waals surface area contributed by atoms with Crippen LogP contribution in [-0.2, 0) is 11.3 Å². The molecule has 1 aromatic carbocycles. The van der Waals surface area contributed by atoms with Gasteiger partial charge in [-0.05, 0) is 37.5 Å². The number of thioether (sulfide) groups is 1. The Morgan fingerprint density at radius 1 is 1.29 bits per heavy atom. The molecule has 0 bridgehead atoms. The molecule has 2 aromatic rings. The Morgan fingerprint density at radius 3 is 2.62 bits per heavy atom. The molecule has 128 valence electrons. The van der Waals surface area contributed by atoms with E-state index in [0.29, 0.717) is 21.7 Å². The van der Waals surface area contributed by atoms with Crippen molar-refractivity contribution in [3.05, 3.63) is 34.1 Å². The number of nitrogens with one attached hydrogen (secondary N) is 1. The molecule has 0 atom stereocenters. The molecule has 0 saturated heterocycles. The summed E-state index contributed by atoms with van der Waals surface area (Å²) in [7, 11) is 0. The van der Waals surface area contributed by atoms with Gasteiger partial charge in [-0.3, -0.25) is 4.79 Å². The Kier molecular flexibility index (Phi) is 5.69. The van der Waals surface area contributed by atoms with Crippen molar-refractivity contribution in [3.63, 3.8) is 0 Å². The summed E-state index contributed by atoms with van der Waals surface area (Å²) in [5.74, 6) is 1.73. The van der Waals surface area contributed by atoms with Crippen molar-refractivity contribution in [3.8, 4) is 0 Å². The lowest BCUT2D eigenvalue weighted by Crippen LogP contribution is -2.15. The van der Waals surface area contributed by atoms with Gasteiger partial charge in [-0.15, -0.1) is 10.2 Å². The van der Waals surface area contributed by atoms with Crippen LogP contribution < -0.4 is 5.32 Å². The third kappa shape index (κ3) is 4.43. The van der Waals surface area contributed by atoms with Crippen LogP contribution in [0.5, 0.6) is 0 Å². The molecule has 5 nitrogen and oxygen atoms in total. The summed E-state index contributed by atoms with van der Waals surface area (Å²) in [6.45, 7) is 3.01. The van der Waals surface area contributed by atoms with Crippen LogP contribution in [0, 0.1) is 0 Å². The number of rotatable bonds is 7. The number of amides is 1. The fourth-order valence-electron chi connectivity index (χ4n) is 2.44. The van der Waals surface area contributed by atoms with Crippen molar-refractivity contribution in [1.29, 1.82) is 0 Å². The zero-order chi connectivity index (χ0) is 17.1.